The zero-order valence-corrected chi connectivity index (χ0v) is 21.3. The first-order chi connectivity index (χ1) is 17.0. The number of thioether (sulfide) groups is 1. The van der Waals surface area contributed by atoms with Gasteiger partial charge < -0.3 is 24.2 Å². The van der Waals surface area contributed by atoms with Gasteiger partial charge in [0.15, 0.2) is 17.8 Å². The molecule has 2 aromatic carbocycles. The second-order valence-corrected chi connectivity index (χ2v) is 9.15. The maximum absolute atomic E-state index is 13.9. The highest BCUT2D eigenvalue weighted by molar-refractivity contribution is 7.99. The summed E-state index contributed by atoms with van der Waals surface area (Å²) in [7, 11) is 1.57. The van der Waals surface area contributed by atoms with Gasteiger partial charge in [-0.05, 0) is 50.3 Å². The number of nitrogens with zero attached hydrogens (tertiary/aromatic N) is 1. The SMILES string of the molecule is C=Cc1c(C(=O)N2CCCCC(COc3cccc(O)c3C=O)C2SC)ccc(OC)c1OCC. The van der Waals surface area contributed by atoms with E-state index in [0.717, 1.165) is 19.3 Å². The van der Waals surface area contributed by atoms with Crippen molar-refractivity contribution >= 4 is 30.0 Å². The van der Waals surface area contributed by atoms with Crippen molar-refractivity contribution in [2.75, 3.05) is 33.1 Å². The lowest BCUT2D eigenvalue weighted by atomic mass is 10.0. The van der Waals surface area contributed by atoms with Gasteiger partial charge in [0.05, 0.1) is 36.8 Å². The van der Waals surface area contributed by atoms with E-state index < -0.39 is 0 Å². The predicted molar refractivity (Wildman–Crippen MR) is 139 cm³/mol. The highest BCUT2D eigenvalue weighted by Crippen LogP contribution is 2.37. The summed E-state index contributed by atoms with van der Waals surface area (Å²) in [6.07, 6.45) is 6.93. The van der Waals surface area contributed by atoms with Gasteiger partial charge in [0, 0.05) is 18.0 Å². The molecule has 2 atom stereocenters. The summed E-state index contributed by atoms with van der Waals surface area (Å²) < 4.78 is 17.2. The fourth-order valence-electron chi connectivity index (χ4n) is 4.47. The van der Waals surface area contributed by atoms with Crippen LogP contribution in [-0.2, 0) is 0 Å². The molecule has 1 saturated heterocycles. The largest absolute Gasteiger partial charge is 0.507 e. The lowest BCUT2D eigenvalue weighted by Gasteiger charge is -2.34. The second-order valence-electron chi connectivity index (χ2n) is 8.19. The van der Waals surface area contributed by atoms with Crippen molar-refractivity contribution in [3.63, 3.8) is 0 Å². The number of carbonyl (C=O) groups is 2. The van der Waals surface area contributed by atoms with Gasteiger partial charge in [0.25, 0.3) is 5.91 Å². The average molecular weight is 500 g/mol. The van der Waals surface area contributed by atoms with Gasteiger partial charge in [-0.25, -0.2) is 0 Å². The standard InChI is InChI=1S/C27H33NO6S/c1-5-19-20(13-14-24(32-3)25(19)33-6-2)26(31)28-15-8-7-10-18(27(28)35-4)17-34-23-12-9-11-22(30)21(23)16-29/h5,9,11-14,16,18,27,30H,1,6-8,10,15,17H2,2-4H3. The van der Waals surface area contributed by atoms with Crippen LogP contribution in [0.25, 0.3) is 6.08 Å². The first kappa shape index (κ1) is 26.5. The van der Waals surface area contributed by atoms with Gasteiger partial charge >= 0.3 is 0 Å². The number of benzene rings is 2. The van der Waals surface area contributed by atoms with E-state index >= 15 is 0 Å². The molecule has 1 amide bonds. The zero-order chi connectivity index (χ0) is 25.4. The smallest absolute Gasteiger partial charge is 0.255 e. The molecule has 2 aromatic rings. The first-order valence-electron chi connectivity index (χ1n) is 11.7. The molecule has 2 unspecified atom stereocenters. The van der Waals surface area contributed by atoms with E-state index in [4.69, 9.17) is 14.2 Å². The van der Waals surface area contributed by atoms with E-state index in [2.05, 4.69) is 6.58 Å². The Morgan fingerprint density at radius 1 is 1.20 bits per heavy atom. The van der Waals surface area contributed by atoms with Crippen LogP contribution in [0.15, 0.2) is 36.9 Å². The molecule has 1 N–H and O–H groups in total. The number of likely N-dealkylation sites (tertiary alicyclic amines) is 1. The molecule has 0 spiro atoms. The Morgan fingerprint density at radius 3 is 2.66 bits per heavy atom. The maximum Gasteiger partial charge on any atom is 0.255 e. The number of carbonyl (C=O) groups excluding carboxylic acids is 2. The Bertz CT molecular complexity index is 1060. The van der Waals surface area contributed by atoms with E-state index in [1.807, 2.05) is 18.1 Å². The summed E-state index contributed by atoms with van der Waals surface area (Å²) in [5.41, 5.74) is 1.26. The van der Waals surface area contributed by atoms with Crippen LogP contribution in [0.5, 0.6) is 23.0 Å². The van der Waals surface area contributed by atoms with E-state index in [1.165, 1.54) is 6.07 Å². The number of rotatable bonds is 10. The van der Waals surface area contributed by atoms with Crippen LogP contribution in [0.4, 0.5) is 0 Å². The van der Waals surface area contributed by atoms with Crippen LogP contribution in [0.1, 0.15) is 52.5 Å². The topological polar surface area (TPSA) is 85.3 Å². The summed E-state index contributed by atoms with van der Waals surface area (Å²) in [4.78, 5) is 27.2. The van der Waals surface area contributed by atoms with Gasteiger partial charge in [-0.1, -0.05) is 25.1 Å². The van der Waals surface area contributed by atoms with E-state index in [0.29, 0.717) is 54.4 Å². The van der Waals surface area contributed by atoms with Gasteiger partial charge in [0.1, 0.15) is 11.5 Å². The number of methoxy groups -OCH3 is 1. The van der Waals surface area contributed by atoms with Crippen molar-refractivity contribution < 1.29 is 28.9 Å². The molecule has 8 heteroatoms. The molecule has 1 heterocycles. The molecule has 0 saturated carbocycles. The molecule has 1 aliphatic heterocycles. The number of aldehydes is 1. The third-order valence-corrected chi connectivity index (χ3v) is 7.28. The summed E-state index contributed by atoms with van der Waals surface area (Å²) in [6, 6.07) is 8.28. The summed E-state index contributed by atoms with van der Waals surface area (Å²) >= 11 is 1.61. The minimum atomic E-state index is -0.127. The van der Waals surface area contributed by atoms with Gasteiger partial charge in [-0.15, -0.1) is 11.8 Å². The Hall–Kier alpha value is -3.13. The fraction of sp³-hybridized carbons (Fsp3) is 0.407. The highest BCUT2D eigenvalue weighted by Gasteiger charge is 2.34. The van der Waals surface area contributed by atoms with Crippen molar-refractivity contribution in [2.24, 2.45) is 5.92 Å². The highest BCUT2D eigenvalue weighted by atomic mass is 32.2. The molecule has 3 rings (SSSR count). The van der Waals surface area contributed by atoms with Crippen molar-refractivity contribution in [3.8, 4) is 23.0 Å². The molecule has 35 heavy (non-hydrogen) atoms. The second kappa shape index (κ2) is 12.5. The summed E-state index contributed by atoms with van der Waals surface area (Å²) in [5, 5.41) is 9.84. The average Bonchev–Trinajstić information content (AvgIpc) is 3.08. The van der Waals surface area contributed by atoms with Crippen LogP contribution in [0.2, 0.25) is 0 Å². The molecule has 1 aliphatic rings. The monoisotopic (exact) mass is 499 g/mol. The van der Waals surface area contributed by atoms with Crippen molar-refractivity contribution in [3.05, 3.63) is 53.6 Å². The van der Waals surface area contributed by atoms with E-state index in [1.54, 1.807) is 49.2 Å². The molecular weight excluding hydrogens is 466 g/mol. The number of hydrogen-bond donors (Lipinski definition) is 1. The molecule has 0 radical (unpaired) electrons. The Kier molecular flexibility index (Phi) is 9.48. The molecular formula is C27H33NO6S. The van der Waals surface area contributed by atoms with Crippen LogP contribution < -0.4 is 14.2 Å². The van der Waals surface area contributed by atoms with Crippen molar-refractivity contribution in [1.82, 2.24) is 4.90 Å². The van der Waals surface area contributed by atoms with Gasteiger partial charge in [-0.2, -0.15) is 0 Å². The molecule has 1 fully saturated rings. The number of amides is 1. The number of aromatic hydroxyl groups is 1. The molecule has 0 aliphatic carbocycles. The van der Waals surface area contributed by atoms with Gasteiger partial charge in [0.2, 0.25) is 0 Å². The Balaban J connectivity index is 1.90. The van der Waals surface area contributed by atoms with Crippen LogP contribution in [0.3, 0.4) is 0 Å². The quantitative estimate of drug-likeness (QED) is 0.446. The van der Waals surface area contributed by atoms with E-state index in [-0.39, 0.29) is 28.5 Å². The number of ether oxygens (including phenoxy) is 3. The molecule has 0 aromatic heterocycles. The zero-order valence-electron chi connectivity index (χ0n) is 20.5. The van der Waals surface area contributed by atoms with Crippen molar-refractivity contribution in [1.29, 1.82) is 0 Å². The molecule has 7 nitrogen and oxygen atoms in total. The molecule has 0 bridgehead atoms. The third kappa shape index (κ3) is 5.75. The maximum atomic E-state index is 13.9. The lowest BCUT2D eigenvalue weighted by Crippen LogP contribution is -2.43. The first-order valence-corrected chi connectivity index (χ1v) is 13.0. The van der Waals surface area contributed by atoms with Gasteiger partial charge in [-0.3, -0.25) is 9.59 Å². The minimum Gasteiger partial charge on any atom is -0.507 e. The minimum absolute atomic E-state index is 0.0371. The normalized spacial score (nSPS) is 17.9. The lowest BCUT2D eigenvalue weighted by molar-refractivity contribution is 0.0693. The predicted octanol–water partition coefficient (Wildman–Crippen LogP) is 5.27. The summed E-state index contributed by atoms with van der Waals surface area (Å²) in [6.45, 7) is 7.18. The fourth-order valence-corrected chi connectivity index (χ4v) is 5.52. The van der Waals surface area contributed by atoms with E-state index in [9.17, 15) is 14.7 Å². The third-order valence-electron chi connectivity index (χ3n) is 6.15. The Labute approximate surface area is 211 Å². The van der Waals surface area contributed by atoms with Crippen LogP contribution in [0, 0.1) is 5.92 Å². The number of hydrogen-bond acceptors (Lipinski definition) is 7. The van der Waals surface area contributed by atoms with Crippen LogP contribution in [-0.4, -0.2) is 60.7 Å². The van der Waals surface area contributed by atoms with Crippen LogP contribution >= 0.6 is 11.8 Å². The number of phenols is 1. The van der Waals surface area contributed by atoms with Crippen molar-refractivity contribution in [2.45, 2.75) is 31.6 Å². The molecule has 188 valence electrons. The Morgan fingerprint density at radius 2 is 2.00 bits per heavy atom. The number of phenolic OH excluding ortho intramolecular Hbond substituents is 1. The summed E-state index contributed by atoms with van der Waals surface area (Å²) in [5.74, 6) is 1.23.